The van der Waals surface area contributed by atoms with Crippen molar-refractivity contribution in [1.82, 2.24) is 5.48 Å². The number of amides is 1. The highest BCUT2D eigenvalue weighted by Crippen LogP contribution is 2.26. The fourth-order valence-electron chi connectivity index (χ4n) is 1.57. The maximum Gasteiger partial charge on any atom is 0.248 e. The van der Waals surface area contributed by atoms with Gasteiger partial charge in [0.15, 0.2) is 0 Å². The Hall–Kier alpha value is -1.65. The second-order valence-electron chi connectivity index (χ2n) is 3.88. The summed E-state index contributed by atoms with van der Waals surface area (Å²) in [6, 6.07) is 10.2. The van der Waals surface area contributed by atoms with Crippen LogP contribution < -0.4 is 5.48 Å². The minimum absolute atomic E-state index is 0.215. The van der Waals surface area contributed by atoms with Crippen LogP contribution in [0.1, 0.15) is 10.4 Å². The van der Waals surface area contributed by atoms with Crippen LogP contribution in [-0.4, -0.2) is 11.1 Å². The van der Waals surface area contributed by atoms with Gasteiger partial charge in [0.2, 0.25) is 5.91 Å². The number of hydrogen-bond acceptors (Lipinski definition) is 3. The highest BCUT2D eigenvalue weighted by Gasteiger charge is 2.06. The molecule has 1 amide bonds. The second kappa shape index (κ2) is 5.12. The molecule has 88 valence electrons. The number of hydroxylamine groups is 1. The molecule has 17 heavy (non-hydrogen) atoms. The van der Waals surface area contributed by atoms with E-state index in [0.717, 1.165) is 16.0 Å². The zero-order valence-corrected chi connectivity index (χ0v) is 10.3. The number of carbonyl (C=O) groups is 1. The summed E-state index contributed by atoms with van der Waals surface area (Å²) in [7, 11) is 0. The van der Waals surface area contributed by atoms with E-state index < -0.39 is 0 Å². The van der Waals surface area contributed by atoms with E-state index in [1.54, 1.807) is 5.48 Å². The van der Waals surface area contributed by atoms with Gasteiger partial charge >= 0.3 is 0 Å². The van der Waals surface area contributed by atoms with Gasteiger partial charge in [0.1, 0.15) is 0 Å². The average Bonchev–Trinajstić information content (AvgIpc) is 2.78. The van der Waals surface area contributed by atoms with E-state index in [-0.39, 0.29) is 12.3 Å². The van der Waals surface area contributed by atoms with Crippen LogP contribution in [0.15, 0.2) is 35.7 Å². The fourth-order valence-corrected chi connectivity index (χ4v) is 2.46. The summed E-state index contributed by atoms with van der Waals surface area (Å²) in [5, 5.41) is 10.5. The molecule has 0 aliphatic heterocycles. The molecule has 0 fully saturated rings. The van der Waals surface area contributed by atoms with Crippen molar-refractivity contribution in [2.24, 2.45) is 0 Å². The Balaban J connectivity index is 2.18. The largest absolute Gasteiger partial charge is 0.289 e. The Morgan fingerprint density at radius 2 is 2.00 bits per heavy atom. The highest BCUT2D eigenvalue weighted by molar-refractivity contribution is 7.10. The fraction of sp³-hybridized carbons (Fsp3) is 0.154. The van der Waals surface area contributed by atoms with E-state index in [9.17, 15) is 4.79 Å². The van der Waals surface area contributed by atoms with Gasteiger partial charge in [0.25, 0.3) is 0 Å². The van der Waals surface area contributed by atoms with Gasteiger partial charge in [0, 0.05) is 4.88 Å². The van der Waals surface area contributed by atoms with Gasteiger partial charge in [-0.1, -0.05) is 29.8 Å². The van der Waals surface area contributed by atoms with Crippen LogP contribution in [0.25, 0.3) is 11.1 Å². The molecule has 0 atom stereocenters. The number of benzene rings is 1. The van der Waals surface area contributed by atoms with Crippen molar-refractivity contribution >= 4 is 17.2 Å². The molecule has 2 rings (SSSR count). The predicted octanol–water partition coefficient (Wildman–Crippen LogP) is 2.77. The number of carbonyl (C=O) groups excluding carboxylic acids is 1. The summed E-state index contributed by atoms with van der Waals surface area (Å²) >= 11 is 1.52. The molecule has 4 heteroatoms. The lowest BCUT2D eigenvalue weighted by molar-refractivity contribution is -0.128. The maximum atomic E-state index is 11.0. The molecule has 1 heterocycles. The molecule has 0 spiro atoms. The molecule has 1 aromatic carbocycles. The first-order chi connectivity index (χ1) is 8.19. The van der Waals surface area contributed by atoms with Gasteiger partial charge in [0.05, 0.1) is 6.42 Å². The van der Waals surface area contributed by atoms with Crippen molar-refractivity contribution in [1.29, 1.82) is 0 Å². The van der Waals surface area contributed by atoms with Gasteiger partial charge in [-0.2, -0.15) is 0 Å². The SMILES string of the molecule is Cc1ccc(-c2csc(CC(=O)NO)c2)cc1. The van der Waals surface area contributed by atoms with Crippen molar-refractivity contribution in [3.8, 4) is 11.1 Å². The number of nitrogens with one attached hydrogen (secondary N) is 1. The zero-order valence-electron chi connectivity index (χ0n) is 9.43. The van der Waals surface area contributed by atoms with Crippen LogP contribution >= 0.6 is 11.3 Å². The Morgan fingerprint density at radius 1 is 1.29 bits per heavy atom. The lowest BCUT2D eigenvalue weighted by Crippen LogP contribution is -2.20. The number of aryl methyl sites for hydroxylation is 1. The minimum atomic E-state index is -0.387. The molecule has 0 aliphatic carbocycles. The van der Waals surface area contributed by atoms with Gasteiger partial charge in [-0.25, -0.2) is 5.48 Å². The van der Waals surface area contributed by atoms with E-state index in [2.05, 4.69) is 31.2 Å². The van der Waals surface area contributed by atoms with Crippen LogP contribution in [0.2, 0.25) is 0 Å². The summed E-state index contributed by atoms with van der Waals surface area (Å²) in [5.74, 6) is -0.387. The van der Waals surface area contributed by atoms with Gasteiger partial charge in [-0.3, -0.25) is 10.0 Å². The van der Waals surface area contributed by atoms with Crippen molar-refractivity contribution in [2.75, 3.05) is 0 Å². The van der Waals surface area contributed by atoms with Crippen LogP contribution in [0.4, 0.5) is 0 Å². The molecule has 0 saturated heterocycles. The third kappa shape index (κ3) is 2.93. The molecule has 0 saturated carbocycles. The lowest BCUT2D eigenvalue weighted by atomic mass is 10.1. The van der Waals surface area contributed by atoms with E-state index in [0.29, 0.717) is 0 Å². The van der Waals surface area contributed by atoms with E-state index >= 15 is 0 Å². The zero-order chi connectivity index (χ0) is 12.3. The first-order valence-corrected chi connectivity index (χ1v) is 6.14. The first-order valence-electron chi connectivity index (χ1n) is 5.26. The Labute approximate surface area is 104 Å². The standard InChI is InChI=1S/C13H13NO2S/c1-9-2-4-10(5-3-9)11-6-12(17-8-11)7-13(15)14-16/h2-6,8,16H,7H2,1H3,(H,14,15). The van der Waals surface area contributed by atoms with Gasteiger partial charge in [-0.05, 0) is 29.5 Å². The van der Waals surface area contributed by atoms with Crippen molar-refractivity contribution in [3.05, 3.63) is 46.2 Å². The Kier molecular flexibility index (Phi) is 3.56. The monoisotopic (exact) mass is 247 g/mol. The van der Waals surface area contributed by atoms with Crippen LogP contribution in [-0.2, 0) is 11.2 Å². The van der Waals surface area contributed by atoms with E-state index in [4.69, 9.17) is 5.21 Å². The Morgan fingerprint density at radius 3 is 2.65 bits per heavy atom. The Bertz CT molecular complexity index is 516. The number of thiophene rings is 1. The third-order valence-electron chi connectivity index (χ3n) is 2.50. The minimum Gasteiger partial charge on any atom is -0.289 e. The average molecular weight is 247 g/mol. The third-order valence-corrected chi connectivity index (χ3v) is 3.43. The van der Waals surface area contributed by atoms with Crippen molar-refractivity contribution < 1.29 is 10.0 Å². The molecular weight excluding hydrogens is 234 g/mol. The molecule has 3 nitrogen and oxygen atoms in total. The first kappa shape index (κ1) is 11.8. The van der Waals surface area contributed by atoms with Crippen LogP contribution in [0.3, 0.4) is 0 Å². The molecule has 0 unspecified atom stereocenters. The molecular formula is C13H13NO2S. The predicted molar refractivity (Wildman–Crippen MR) is 68.1 cm³/mol. The molecule has 2 N–H and O–H groups in total. The van der Waals surface area contributed by atoms with Crippen molar-refractivity contribution in [2.45, 2.75) is 13.3 Å². The maximum absolute atomic E-state index is 11.0. The quantitative estimate of drug-likeness (QED) is 0.647. The van der Waals surface area contributed by atoms with Crippen LogP contribution in [0, 0.1) is 6.92 Å². The smallest absolute Gasteiger partial charge is 0.248 e. The molecule has 2 aromatic rings. The number of rotatable bonds is 3. The molecule has 0 aliphatic rings. The van der Waals surface area contributed by atoms with E-state index in [1.165, 1.54) is 16.9 Å². The number of hydrogen-bond donors (Lipinski definition) is 2. The molecule has 0 bridgehead atoms. The van der Waals surface area contributed by atoms with Gasteiger partial charge < -0.3 is 0 Å². The molecule has 1 aromatic heterocycles. The molecule has 0 radical (unpaired) electrons. The highest BCUT2D eigenvalue weighted by atomic mass is 32.1. The summed E-state index contributed by atoms with van der Waals surface area (Å²) in [5.41, 5.74) is 5.11. The summed E-state index contributed by atoms with van der Waals surface area (Å²) in [6.07, 6.45) is 0.215. The normalized spacial score (nSPS) is 10.2. The van der Waals surface area contributed by atoms with Gasteiger partial charge in [-0.15, -0.1) is 11.3 Å². The summed E-state index contributed by atoms with van der Waals surface area (Å²) < 4.78 is 0. The van der Waals surface area contributed by atoms with Crippen LogP contribution in [0.5, 0.6) is 0 Å². The summed E-state index contributed by atoms with van der Waals surface area (Å²) in [4.78, 5) is 12.0. The topological polar surface area (TPSA) is 49.3 Å². The summed E-state index contributed by atoms with van der Waals surface area (Å²) in [6.45, 7) is 2.05. The van der Waals surface area contributed by atoms with Crippen molar-refractivity contribution in [3.63, 3.8) is 0 Å². The van der Waals surface area contributed by atoms with E-state index in [1.807, 2.05) is 11.4 Å². The second-order valence-corrected chi connectivity index (χ2v) is 4.88. The lowest BCUT2D eigenvalue weighted by Gasteiger charge is -1.98.